The molecule has 4 nitrogen and oxygen atoms in total. The van der Waals surface area contributed by atoms with Gasteiger partial charge in [-0.3, -0.25) is 4.79 Å². The molecule has 0 heterocycles. The second kappa shape index (κ2) is 4.66. The highest BCUT2D eigenvalue weighted by Gasteiger charge is 2.30. The van der Waals surface area contributed by atoms with E-state index in [2.05, 4.69) is 5.32 Å². The van der Waals surface area contributed by atoms with Gasteiger partial charge in [-0.25, -0.2) is 4.79 Å². The molecule has 2 aromatic rings. The number of fused-ring (bicyclic) bond motifs is 1. The van der Waals surface area contributed by atoms with Crippen LogP contribution in [0.25, 0.3) is 11.3 Å². The van der Waals surface area contributed by atoms with E-state index in [1.807, 2.05) is 36.4 Å². The van der Waals surface area contributed by atoms with E-state index in [0.29, 0.717) is 22.4 Å². The minimum Gasteiger partial charge on any atom is -0.351 e. The Bertz CT molecular complexity index is 733. The van der Waals surface area contributed by atoms with E-state index in [4.69, 9.17) is 5.73 Å². The molecule has 0 atom stereocenters. The molecule has 0 saturated carbocycles. The van der Waals surface area contributed by atoms with Gasteiger partial charge in [-0.1, -0.05) is 54.6 Å². The molecule has 1 aliphatic rings. The molecule has 20 heavy (non-hydrogen) atoms. The van der Waals surface area contributed by atoms with Crippen LogP contribution in [0.3, 0.4) is 0 Å². The van der Waals surface area contributed by atoms with Gasteiger partial charge in [-0.15, -0.1) is 0 Å². The van der Waals surface area contributed by atoms with Crippen LogP contribution in [0.1, 0.15) is 21.5 Å². The lowest BCUT2D eigenvalue weighted by Gasteiger charge is -2.07. The van der Waals surface area contributed by atoms with Crippen LogP contribution in [0.2, 0.25) is 0 Å². The molecule has 0 fully saturated rings. The molecule has 0 spiro atoms. The highest BCUT2D eigenvalue weighted by molar-refractivity contribution is 6.40. The van der Waals surface area contributed by atoms with E-state index in [9.17, 15) is 9.59 Å². The van der Waals surface area contributed by atoms with Crippen LogP contribution in [-0.2, 0) is 0 Å². The molecule has 98 valence electrons. The number of nitrogens with two attached hydrogens (primary N) is 1. The van der Waals surface area contributed by atoms with Crippen molar-refractivity contribution < 1.29 is 9.59 Å². The molecule has 4 heteroatoms. The van der Waals surface area contributed by atoms with Gasteiger partial charge >= 0.3 is 6.03 Å². The Labute approximate surface area is 115 Å². The number of benzene rings is 2. The fourth-order valence-corrected chi connectivity index (χ4v) is 2.42. The predicted octanol–water partition coefficient (Wildman–Crippen LogP) is 2.42. The van der Waals surface area contributed by atoms with Gasteiger partial charge in [0.15, 0.2) is 5.78 Å². The van der Waals surface area contributed by atoms with E-state index < -0.39 is 6.03 Å². The lowest BCUT2D eigenvalue weighted by Crippen LogP contribution is -2.28. The SMILES string of the molecule is NC(=O)NC1=C(c2ccccc2)C(=O)c2ccccc21. The number of primary amides is 1. The Morgan fingerprint density at radius 1 is 0.900 bits per heavy atom. The molecule has 0 bridgehead atoms. The van der Waals surface area contributed by atoms with Gasteiger partial charge in [0.25, 0.3) is 0 Å². The summed E-state index contributed by atoms with van der Waals surface area (Å²) in [5.41, 5.74) is 8.22. The second-order valence-electron chi connectivity index (χ2n) is 4.48. The molecule has 1 aliphatic carbocycles. The molecule has 2 amide bonds. The molecule has 0 radical (unpaired) electrons. The first-order valence-electron chi connectivity index (χ1n) is 6.18. The van der Waals surface area contributed by atoms with Gasteiger partial charge in [0.1, 0.15) is 0 Å². The van der Waals surface area contributed by atoms with E-state index >= 15 is 0 Å². The summed E-state index contributed by atoms with van der Waals surface area (Å²) in [4.78, 5) is 23.8. The van der Waals surface area contributed by atoms with Crippen LogP contribution in [0, 0.1) is 0 Å². The summed E-state index contributed by atoms with van der Waals surface area (Å²) in [5.74, 6) is -0.101. The summed E-state index contributed by atoms with van der Waals surface area (Å²) in [6.45, 7) is 0. The topological polar surface area (TPSA) is 72.2 Å². The number of Topliss-reactive ketones (excluding diaryl/α,β-unsaturated/α-hetero) is 1. The third-order valence-electron chi connectivity index (χ3n) is 3.23. The smallest absolute Gasteiger partial charge is 0.316 e. The maximum atomic E-state index is 12.5. The van der Waals surface area contributed by atoms with Crippen molar-refractivity contribution in [3.63, 3.8) is 0 Å². The van der Waals surface area contributed by atoms with E-state index in [0.717, 1.165) is 5.56 Å². The fourth-order valence-electron chi connectivity index (χ4n) is 2.42. The van der Waals surface area contributed by atoms with Crippen molar-refractivity contribution in [1.29, 1.82) is 0 Å². The third kappa shape index (κ3) is 1.87. The van der Waals surface area contributed by atoms with E-state index in [1.165, 1.54) is 0 Å². The molecule has 0 aliphatic heterocycles. The molecular formula is C16H12N2O2. The standard InChI is InChI=1S/C16H12N2O2/c17-16(20)18-14-11-8-4-5-9-12(11)15(19)13(14)10-6-2-1-3-7-10/h1-9H,(H3,17,18,20). The van der Waals surface area contributed by atoms with Crippen molar-refractivity contribution in [2.24, 2.45) is 5.73 Å². The normalized spacial score (nSPS) is 13.3. The number of amides is 2. The first-order chi connectivity index (χ1) is 9.68. The monoisotopic (exact) mass is 264 g/mol. The van der Waals surface area contributed by atoms with Gasteiger partial charge in [0.05, 0.1) is 11.3 Å². The van der Waals surface area contributed by atoms with Gasteiger partial charge < -0.3 is 11.1 Å². The molecule has 3 rings (SSSR count). The largest absolute Gasteiger partial charge is 0.351 e. The number of hydrogen-bond donors (Lipinski definition) is 2. The van der Waals surface area contributed by atoms with Crippen LogP contribution in [0.15, 0.2) is 54.6 Å². The van der Waals surface area contributed by atoms with Gasteiger partial charge in [-0.05, 0) is 5.56 Å². The van der Waals surface area contributed by atoms with Gasteiger partial charge in [-0.2, -0.15) is 0 Å². The summed E-state index contributed by atoms with van der Waals surface area (Å²) < 4.78 is 0. The van der Waals surface area contributed by atoms with Crippen LogP contribution in [0.4, 0.5) is 4.79 Å². The Hall–Kier alpha value is -2.88. The van der Waals surface area contributed by atoms with Crippen LogP contribution >= 0.6 is 0 Å². The predicted molar refractivity (Wildman–Crippen MR) is 76.7 cm³/mol. The lowest BCUT2D eigenvalue weighted by molar-refractivity contribution is 0.105. The molecule has 0 unspecified atom stereocenters. The Morgan fingerprint density at radius 2 is 1.50 bits per heavy atom. The Morgan fingerprint density at radius 3 is 2.15 bits per heavy atom. The minimum atomic E-state index is -0.682. The van der Waals surface area contributed by atoms with Crippen LogP contribution < -0.4 is 11.1 Å². The average molecular weight is 264 g/mol. The number of rotatable bonds is 2. The quantitative estimate of drug-likeness (QED) is 0.874. The zero-order chi connectivity index (χ0) is 14.1. The number of nitrogens with one attached hydrogen (secondary N) is 1. The van der Waals surface area contributed by atoms with Crippen molar-refractivity contribution in [3.8, 4) is 0 Å². The summed E-state index contributed by atoms with van der Waals surface area (Å²) in [6.07, 6.45) is 0. The average Bonchev–Trinajstić information content (AvgIpc) is 2.73. The summed E-state index contributed by atoms with van der Waals surface area (Å²) in [6, 6.07) is 15.7. The minimum absolute atomic E-state index is 0.101. The number of allylic oxidation sites excluding steroid dienone is 1. The first kappa shape index (κ1) is 12.2. The molecule has 2 aromatic carbocycles. The number of ketones is 1. The maximum absolute atomic E-state index is 12.5. The van der Waals surface area contributed by atoms with E-state index in [-0.39, 0.29) is 5.78 Å². The van der Waals surface area contributed by atoms with Gasteiger partial charge in [0, 0.05) is 11.1 Å². The van der Waals surface area contributed by atoms with Crippen LogP contribution in [-0.4, -0.2) is 11.8 Å². The van der Waals surface area contributed by atoms with Crippen molar-refractivity contribution in [3.05, 3.63) is 71.3 Å². The number of carbonyl (C=O) groups excluding carboxylic acids is 2. The highest BCUT2D eigenvalue weighted by Crippen LogP contribution is 2.36. The van der Waals surface area contributed by atoms with Crippen molar-refractivity contribution in [1.82, 2.24) is 5.32 Å². The van der Waals surface area contributed by atoms with Gasteiger partial charge in [0.2, 0.25) is 0 Å². The number of urea groups is 1. The second-order valence-corrected chi connectivity index (χ2v) is 4.48. The molecule has 3 N–H and O–H groups in total. The number of carbonyl (C=O) groups is 2. The highest BCUT2D eigenvalue weighted by atomic mass is 16.2. The molecular weight excluding hydrogens is 252 g/mol. The summed E-state index contributed by atoms with van der Waals surface area (Å²) in [7, 11) is 0. The Balaban J connectivity index is 2.23. The van der Waals surface area contributed by atoms with Crippen molar-refractivity contribution in [2.75, 3.05) is 0 Å². The summed E-state index contributed by atoms with van der Waals surface area (Å²) in [5, 5.41) is 2.57. The maximum Gasteiger partial charge on any atom is 0.316 e. The molecule has 0 aromatic heterocycles. The molecule has 0 saturated heterocycles. The van der Waals surface area contributed by atoms with E-state index in [1.54, 1.807) is 18.2 Å². The summed E-state index contributed by atoms with van der Waals surface area (Å²) >= 11 is 0. The van der Waals surface area contributed by atoms with Crippen molar-refractivity contribution in [2.45, 2.75) is 0 Å². The third-order valence-corrected chi connectivity index (χ3v) is 3.23. The Kier molecular flexibility index (Phi) is 2.84. The zero-order valence-corrected chi connectivity index (χ0v) is 10.6. The zero-order valence-electron chi connectivity index (χ0n) is 10.6. The lowest BCUT2D eigenvalue weighted by atomic mass is 10.0. The number of hydrogen-bond acceptors (Lipinski definition) is 2. The fraction of sp³-hybridized carbons (Fsp3) is 0. The van der Waals surface area contributed by atoms with Crippen LogP contribution in [0.5, 0.6) is 0 Å². The first-order valence-corrected chi connectivity index (χ1v) is 6.18. The van der Waals surface area contributed by atoms with Crippen molar-refractivity contribution >= 4 is 23.1 Å².